The highest BCUT2D eigenvalue weighted by atomic mass is 35.6. The molecule has 4 nitrogen and oxygen atoms in total. The first kappa shape index (κ1) is 21.0. The molecule has 0 aliphatic heterocycles. The maximum Gasteiger partial charge on any atom is 0.363 e. The molecule has 0 saturated carbocycles. The Kier molecular flexibility index (Phi) is 11.2. The molecule has 0 aromatic heterocycles. The van der Waals surface area contributed by atoms with E-state index < -0.39 is 17.2 Å². The maximum atomic E-state index is 12.8. The molecular weight excluding hydrogens is 345 g/mol. The fourth-order valence-electron chi connectivity index (χ4n) is 1.31. The quantitative estimate of drug-likeness (QED) is 0.272. The standard InChI is InChI=1S/C12H24Cl3O4P/c1-4-7-10-17-11(12(13,14)15)20(16,18-8-5-2)19-9-6-3/h11H,4-10H2,1-3H3. The highest BCUT2D eigenvalue weighted by Crippen LogP contribution is 2.60. The fourth-order valence-corrected chi connectivity index (χ4v) is 4.44. The summed E-state index contributed by atoms with van der Waals surface area (Å²) in [5.41, 5.74) is 0. The average Bonchev–Trinajstić information content (AvgIpc) is 2.37. The van der Waals surface area contributed by atoms with E-state index in [9.17, 15) is 4.57 Å². The van der Waals surface area contributed by atoms with Crippen molar-refractivity contribution in [3.8, 4) is 0 Å². The molecule has 1 atom stereocenters. The lowest BCUT2D eigenvalue weighted by molar-refractivity contribution is 0.0680. The molecule has 0 bridgehead atoms. The van der Waals surface area contributed by atoms with Gasteiger partial charge in [-0.1, -0.05) is 62.0 Å². The molecule has 0 fully saturated rings. The van der Waals surface area contributed by atoms with Crippen molar-refractivity contribution in [3.05, 3.63) is 0 Å². The van der Waals surface area contributed by atoms with E-state index >= 15 is 0 Å². The van der Waals surface area contributed by atoms with E-state index in [0.29, 0.717) is 19.4 Å². The van der Waals surface area contributed by atoms with Crippen molar-refractivity contribution in [1.29, 1.82) is 0 Å². The summed E-state index contributed by atoms with van der Waals surface area (Å²) in [4.78, 5) is 0. The van der Waals surface area contributed by atoms with Crippen LogP contribution in [-0.4, -0.2) is 29.5 Å². The van der Waals surface area contributed by atoms with Gasteiger partial charge in [-0.15, -0.1) is 0 Å². The van der Waals surface area contributed by atoms with Gasteiger partial charge in [0.05, 0.1) is 13.2 Å². The van der Waals surface area contributed by atoms with E-state index in [2.05, 4.69) is 0 Å². The van der Waals surface area contributed by atoms with E-state index in [1.165, 1.54) is 0 Å². The third-order valence-corrected chi connectivity index (χ3v) is 5.54. The predicted molar refractivity (Wildman–Crippen MR) is 85.0 cm³/mol. The van der Waals surface area contributed by atoms with Gasteiger partial charge in [-0.05, 0) is 19.3 Å². The number of unbranched alkanes of at least 4 members (excludes halogenated alkanes) is 1. The molecule has 122 valence electrons. The van der Waals surface area contributed by atoms with Gasteiger partial charge in [-0.3, -0.25) is 4.57 Å². The number of hydrogen-bond acceptors (Lipinski definition) is 4. The van der Waals surface area contributed by atoms with Crippen LogP contribution < -0.4 is 0 Å². The SMILES string of the molecule is CCCCOC(C(Cl)(Cl)Cl)P(=O)(OCCC)OCCC. The predicted octanol–water partition coefficient (Wildman–Crippen LogP) is 5.55. The molecule has 20 heavy (non-hydrogen) atoms. The van der Waals surface area contributed by atoms with Gasteiger partial charge in [0.25, 0.3) is 0 Å². The molecule has 0 amide bonds. The Morgan fingerprint density at radius 1 is 0.950 bits per heavy atom. The first-order valence-electron chi connectivity index (χ1n) is 6.88. The van der Waals surface area contributed by atoms with Crippen molar-refractivity contribution in [3.63, 3.8) is 0 Å². The minimum atomic E-state index is -3.64. The average molecular weight is 370 g/mol. The van der Waals surface area contributed by atoms with Crippen LogP contribution in [0.3, 0.4) is 0 Å². The zero-order chi connectivity index (χ0) is 15.6. The molecule has 0 spiro atoms. The van der Waals surface area contributed by atoms with Gasteiger partial charge in [0.1, 0.15) is 0 Å². The van der Waals surface area contributed by atoms with Crippen LogP contribution in [-0.2, 0) is 18.3 Å². The number of alkyl halides is 3. The molecule has 0 aliphatic rings. The minimum Gasteiger partial charge on any atom is -0.361 e. The summed E-state index contributed by atoms with van der Waals surface area (Å²) in [7, 11) is -3.64. The normalized spacial score (nSPS) is 14.5. The molecular formula is C12H24Cl3O4P. The van der Waals surface area contributed by atoms with Crippen molar-refractivity contribution in [2.75, 3.05) is 19.8 Å². The molecule has 0 aromatic rings. The van der Waals surface area contributed by atoms with Crippen LogP contribution in [0.15, 0.2) is 0 Å². The van der Waals surface area contributed by atoms with Gasteiger partial charge in [-0.2, -0.15) is 0 Å². The van der Waals surface area contributed by atoms with Crippen molar-refractivity contribution in [2.45, 2.75) is 56.1 Å². The van der Waals surface area contributed by atoms with Crippen LogP contribution in [0.25, 0.3) is 0 Å². The maximum absolute atomic E-state index is 12.8. The zero-order valence-electron chi connectivity index (χ0n) is 12.2. The van der Waals surface area contributed by atoms with Crippen LogP contribution in [0.5, 0.6) is 0 Å². The van der Waals surface area contributed by atoms with Gasteiger partial charge in [0, 0.05) is 6.61 Å². The monoisotopic (exact) mass is 368 g/mol. The second kappa shape index (κ2) is 10.7. The molecule has 0 saturated heterocycles. The summed E-state index contributed by atoms with van der Waals surface area (Å²) in [6, 6.07) is 0. The fraction of sp³-hybridized carbons (Fsp3) is 1.00. The lowest BCUT2D eigenvalue weighted by Gasteiger charge is -2.31. The Morgan fingerprint density at radius 3 is 1.80 bits per heavy atom. The van der Waals surface area contributed by atoms with Crippen molar-refractivity contribution in [2.24, 2.45) is 0 Å². The molecule has 0 radical (unpaired) electrons. The Bertz CT molecular complexity index is 285. The van der Waals surface area contributed by atoms with Crippen molar-refractivity contribution >= 4 is 42.4 Å². The summed E-state index contributed by atoms with van der Waals surface area (Å²) in [6.07, 6.45) is 3.06. The largest absolute Gasteiger partial charge is 0.363 e. The Hall–Kier alpha value is 0.980. The molecule has 0 aliphatic carbocycles. The van der Waals surface area contributed by atoms with Crippen molar-refractivity contribution < 1.29 is 18.3 Å². The number of hydrogen-bond donors (Lipinski definition) is 0. The lowest BCUT2D eigenvalue weighted by atomic mass is 10.4. The Morgan fingerprint density at radius 2 is 1.45 bits per heavy atom. The van der Waals surface area contributed by atoms with Gasteiger partial charge in [0.2, 0.25) is 9.64 Å². The lowest BCUT2D eigenvalue weighted by Crippen LogP contribution is -2.31. The summed E-state index contributed by atoms with van der Waals surface area (Å²) in [5.74, 6) is -1.22. The third kappa shape index (κ3) is 7.84. The highest BCUT2D eigenvalue weighted by molar-refractivity contribution is 7.55. The van der Waals surface area contributed by atoms with E-state index in [0.717, 1.165) is 12.8 Å². The first-order valence-corrected chi connectivity index (χ1v) is 9.63. The van der Waals surface area contributed by atoms with Crippen LogP contribution in [0.1, 0.15) is 46.5 Å². The molecule has 1 unspecified atom stereocenters. The second-order valence-electron chi connectivity index (χ2n) is 4.32. The molecule has 0 heterocycles. The smallest absolute Gasteiger partial charge is 0.361 e. The van der Waals surface area contributed by atoms with Crippen LogP contribution in [0.4, 0.5) is 0 Å². The van der Waals surface area contributed by atoms with Crippen LogP contribution >= 0.6 is 42.4 Å². The number of ether oxygens (including phenoxy) is 1. The second-order valence-corrected chi connectivity index (χ2v) is 8.76. The Labute approximate surface area is 136 Å². The zero-order valence-corrected chi connectivity index (χ0v) is 15.4. The van der Waals surface area contributed by atoms with Gasteiger partial charge in [-0.25, -0.2) is 0 Å². The van der Waals surface area contributed by atoms with Gasteiger partial charge in [0.15, 0.2) is 0 Å². The molecule has 0 rings (SSSR count). The Balaban J connectivity index is 5.01. The first-order chi connectivity index (χ1) is 9.31. The summed E-state index contributed by atoms with van der Waals surface area (Å²) >= 11 is 17.7. The molecule has 8 heteroatoms. The minimum absolute atomic E-state index is 0.259. The summed E-state index contributed by atoms with van der Waals surface area (Å²) < 4.78 is 27.2. The van der Waals surface area contributed by atoms with E-state index in [1.54, 1.807) is 0 Å². The third-order valence-electron chi connectivity index (χ3n) is 2.29. The van der Waals surface area contributed by atoms with Crippen LogP contribution in [0.2, 0.25) is 0 Å². The summed E-state index contributed by atoms with van der Waals surface area (Å²) in [5, 5.41) is 0. The van der Waals surface area contributed by atoms with Gasteiger partial charge >= 0.3 is 7.60 Å². The molecule has 0 N–H and O–H groups in total. The highest BCUT2D eigenvalue weighted by Gasteiger charge is 2.50. The number of rotatable bonds is 11. The van der Waals surface area contributed by atoms with Gasteiger partial charge < -0.3 is 13.8 Å². The van der Waals surface area contributed by atoms with E-state index in [1.807, 2.05) is 20.8 Å². The van der Waals surface area contributed by atoms with E-state index in [4.69, 9.17) is 48.6 Å². The summed E-state index contributed by atoms with van der Waals surface area (Å²) in [6.45, 7) is 6.65. The van der Waals surface area contributed by atoms with Crippen LogP contribution in [0, 0.1) is 0 Å². The molecule has 0 aromatic carbocycles. The van der Waals surface area contributed by atoms with E-state index in [-0.39, 0.29) is 13.2 Å². The van der Waals surface area contributed by atoms with Crippen molar-refractivity contribution in [1.82, 2.24) is 0 Å². The topological polar surface area (TPSA) is 44.8 Å². The number of halogens is 3.